The maximum Gasteiger partial charge on any atom is 0.307 e. The van der Waals surface area contributed by atoms with Crippen molar-refractivity contribution in [2.45, 2.75) is 6.61 Å². The standard InChI is InChI=1S/C24H19N3O6/c1-31-21-12-18(14-25-26-24(28)23-11-17-9-5-6-10-20(17)33-23)19(27(29)30)13-22(21)32-15-16-7-3-2-4-8-16/h2-14H,15H2,1H3,(H,26,28)/b25-14+. The van der Waals surface area contributed by atoms with Gasteiger partial charge in [-0.05, 0) is 23.8 Å². The third kappa shape index (κ3) is 4.99. The molecule has 4 rings (SSSR count). The molecule has 33 heavy (non-hydrogen) atoms. The molecule has 0 aliphatic carbocycles. The SMILES string of the molecule is COc1cc(/C=N/NC(=O)c2cc3ccccc3o2)c([N+](=O)[O-])cc1OCc1ccccc1. The van der Waals surface area contributed by atoms with Gasteiger partial charge in [0, 0.05) is 5.39 Å². The van der Waals surface area contributed by atoms with Crippen molar-refractivity contribution in [2.75, 3.05) is 7.11 Å². The number of para-hydroxylation sites is 1. The van der Waals surface area contributed by atoms with Gasteiger partial charge in [-0.3, -0.25) is 14.9 Å². The summed E-state index contributed by atoms with van der Waals surface area (Å²) in [5.41, 5.74) is 3.67. The van der Waals surface area contributed by atoms with Crippen LogP contribution in [-0.2, 0) is 6.61 Å². The number of hydrogen-bond donors (Lipinski definition) is 1. The Bertz CT molecular complexity index is 1300. The topological polar surface area (TPSA) is 116 Å². The van der Waals surface area contributed by atoms with E-state index in [1.807, 2.05) is 42.5 Å². The van der Waals surface area contributed by atoms with Gasteiger partial charge in [-0.2, -0.15) is 5.10 Å². The lowest BCUT2D eigenvalue weighted by Gasteiger charge is -2.12. The van der Waals surface area contributed by atoms with Crippen molar-refractivity contribution in [1.82, 2.24) is 5.43 Å². The van der Waals surface area contributed by atoms with Crippen molar-refractivity contribution in [3.8, 4) is 11.5 Å². The second kappa shape index (κ2) is 9.65. The van der Waals surface area contributed by atoms with Crippen LogP contribution in [0, 0.1) is 10.1 Å². The summed E-state index contributed by atoms with van der Waals surface area (Å²) in [6, 6.07) is 20.9. The van der Waals surface area contributed by atoms with Gasteiger partial charge in [0.05, 0.1) is 29.9 Å². The van der Waals surface area contributed by atoms with Crippen molar-refractivity contribution < 1.29 is 23.6 Å². The highest BCUT2D eigenvalue weighted by Gasteiger charge is 2.19. The Balaban J connectivity index is 1.52. The normalized spacial score (nSPS) is 10.9. The summed E-state index contributed by atoms with van der Waals surface area (Å²) in [5.74, 6) is 0.00285. The summed E-state index contributed by atoms with van der Waals surface area (Å²) >= 11 is 0. The number of amides is 1. The highest BCUT2D eigenvalue weighted by Crippen LogP contribution is 2.34. The van der Waals surface area contributed by atoms with Crippen molar-refractivity contribution in [1.29, 1.82) is 0 Å². The number of benzene rings is 3. The van der Waals surface area contributed by atoms with Crippen molar-refractivity contribution >= 4 is 28.8 Å². The number of carbonyl (C=O) groups is 1. The van der Waals surface area contributed by atoms with E-state index in [4.69, 9.17) is 13.9 Å². The van der Waals surface area contributed by atoms with Gasteiger partial charge in [0.1, 0.15) is 12.2 Å². The van der Waals surface area contributed by atoms with Crippen LogP contribution in [0.4, 0.5) is 5.69 Å². The molecular weight excluding hydrogens is 426 g/mol. The number of nitrogens with one attached hydrogen (secondary N) is 1. The van der Waals surface area contributed by atoms with Crippen LogP contribution in [0.3, 0.4) is 0 Å². The molecule has 3 aromatic carbocycles. The summed E-state index contributed by atoms with van der Waals surface area (Å²) in [6.07, 6.45) is 1.17. The van der Waals surface area contributed by atoms with Crippen LogP contribution in [0.25, 0.3) is 11.0 Å². The molecule has 4 aromatic rings. The lowest BCUT2D eigenvalue weighted by atomic mass is 10.1. The number of methoxy groups -OCH3 is 1. The highest BCUT2D eigenvalue weighted by atomic mass is 16.6. The summed E-state index contributed by atoms with van der Waals surface area (Å²) in [5, 5.41) is 16.2. The van der Waals surface area contributed by atoms with Gasteiger partial charge in [0.25, 0.3) is 5.69 Å². The zero-order valence-corrected chi connectivity index (χ0v) is 17.6. The van der Waals surface area contributed by atoms with Crippen LogP contribution < -0.4 is 14.9 Å². The van der Waals surface area contributed by atoms with E-state index in [9.17, 15) is 14.9 Å². The minimum Gasteiger partial charge on any atom is -0.493 e. The molecule has 0 bridgehead atoms. The van der Waals surface area contributed by atoms with Crippen molar-refractivity contribution in [3.05, 3.63) is 99.8 Å². The summed E-state index contributed by atoms with van der Waals surface area (Å²) in [4.78, 5) is 23.4. The zero-order valence-electron chi connectivity index (χ0n) is 17.6. The highest BCUT2D eigenvalue weighted by molar-refractivity contribution is 5.97. The number of nitro benzene ring substituents is 1. The molecular formula is C24H19N3O6. The first kappa shape index (κ1) is 21.6. The Labute approximate surface area is 188 Å². The maximum atomic E-state index is 12.3. The van der Waals surface area contributed by atoms with Gasteiger partial charge in [0.15, 0.2) is 17.3 Å². The number of fused-ring (bicyclic) bond motifs is 1. The minimum atomic E-state index is -0.583. The molecule has 0 spiro atoms. The van der Waals surface area contributed by atoms with Gasteiger partial charge in [0.2, 0.25) is 0 Å². The number of hydrazone groups is 1. The number of nitro groups is 1. The van der Waals surface area contributed by atoms with E-state index < -0.39 is 10.8 Å². The first-order valence-electron chi connectivity index (χ1n) is 9.90. The predicted octanol–water partition coefficient (Wildman–Crippen LogP) is 4.69. The Morgan fingerprint density at radius 3 is 2.58 bits per heavy atom. The molecule has 0 aliphatic rings. The second-order valence-electron chi connectivity index (χ2n) is 6.94. The smallest absolute Gasteiger partial charge is 0.307 e. The molecule has 1 amide bonds. The van der Waals surface area contributed by atoms with Crippen LogP contribution in [0.1, 0.15) is 21.7 Å². The van der Waals surface area contributed by atoms with E-state index in [-0.39, 0.29) is 29.4 Å². The van der Waals surface area contributed by atoms with E-state index in [1.54, 1.807) is 18.2 Å². The van der Waals surface area contributed by atoms with Crippen LogP contribution in [0.15, 0.2) is 82.3 Å². The molecule has 166 valence electrons. The summed E-state index contributed by atoms with van der Waals surface area (Å²) < 4.78 is 16.5. The number of ether oxygens (including phenoxy) is 2. The van der Waals surface area contributed by atoms with E-state index in [0.29, 0.717) is 11.3 Å². The summed E-state index contributed by atoms with van der Waals surface area (Å²) in [7, 11) is 1.43. The number of carbonyl (C=O) groups excluding carboxylic acids is 1. The number of hydrogen-bond acceptors (Lipinski definition) is 7. The second-order valence-corrected chi connectivity index (χ2v) is 6.94. The average Bonchev–Trinajstić information content (AvgIpc) is 3.28. The molecule has 0 atom stereocenters. The van der Waals surface area contributed by atoms with Gasteiger partial charge < -0.3 is 13.9 Å². The molecule has 0 radical (unpaired) electrons. The van der Waals surface area contributed by atoms with Crippen molar-refractivity contribution in [2.24, 2.45) is 5.10 Å². The average molecular weight is 445 g/mol. The quantitative estimate of drug-likeness (QED) is 0.239. The molecule has 1 aromatic heterocycles. The molecule has 1 heterocycles. The fraction of sp³-hybridized carbons (Fsp3) is 0.0833. The molecule has 0 fully saturated rings. The lowest BCUT2D eigenvalue weighted by molar-refractivity contribution is -0.385. The van der Waals surface area contributed by atoms with E-state index in [2.05, 4.69) is 10.5 Å². The first-order chi connectivity index (χ1) is 16.0. The van der Waals surface area contributed by atoms with E-state index in [0.717, 1.165) is 10.9 Å². The molecule has 0 aliphatic heterocycles. The molecule has 0 saturated heterocycles. The third-order valence-electron chi connectivity index (χ3n) is 4.77. The van der Waals surface area contributed by atoms with Crippen LogP contribution in [0.5, 0.6) is 11.5 Å². The van der Waals surface area contributed by atoms with Crippen LogP contribution in [0.2, 0.25) is 0 Å². The van der Waals surface area contributed by atoms with Gasteiger partial charge in [-0.1, -0.05) is 48.5 Å². The zero-order chi connectivity index (χ0) is 23.2. The Morgan fingerprint density at radius 1 is 1.09 bits per heavy atom. The largest absolute Gasteiger partial charge is 0.493 e. The molecule has 0 unspecified atom stereocenters. The number of rotatable bonds is 8. The Kier molecular flexibility index (Phi) is 6.31. The van der Waals surface area contributed by atoms with E-state index >= 15 is 0 Å². The molecule has 0 saturated carbocycles. The number of nitrogens with zero attached hydrogens (tertiary/aromatic N) is 2. The monoisotopic (exact) mass is 445 g/mol. The van der Waals surface area contributed by atoms with Gasteiger partial charge in [-0.15, -0.1) is 0 Å². The molecule has 9 nitrogen and oxygen atoms in total. The Morgan fingerprint density at radius 2 is 1.85 bits per heavy atom. The molecule has 9 heteroatoms. The van der Waals surface area contributed by atoms with Gasteiger partial charge in [-0.25, -0.2) is 5.43 Å². The van der Waals surface area contributed by atoms with Crippen molar-refractivity contribution in [3.63, 3.8) is 0 Å². The van der Waals surface area contributed by atoms with Gasteiger partial charge >= 0.3 is 5.91 Å². The third-order valence-corrected chi connectivity index (χ3v) is 4.77. The fourth-order valence-electron chi connectivity index (χ4n) is 3.14. The number of furan rings is 1. The van der Waals surface area contributed by atoms with Crippen LogP contribution in [-0.4, -0.2) is 24.2 Å². The van der Waals surface area contributed by atoms with E-state index in [1.165, 1.54) is 25.5 Å². The minimum absolute atomic E-state index is 0.0742. The molecule has 1 N–H and O–H groups in total. The first-order valence-corrected chi connectivity index (χ1v) is 9.90. The maximum absolute atomic E-state index is 12.3. The Hall–Kier alpha value is -4.66. The predicted molar refractivity (Wildman–Crippen MR) is 122 cm³/mol. The fourth-order valence-corrected chi connectivity index (χ4v) is 3.14. The van der Waals surface area contributed by atoms with Crippen LogP contribution >= 0.6 is 0 Å². The summed E-state index contributed by atoms with van der Waals surface area (Å²) in [6.45, 7) is 0.218. The lowest BCUT2D eigenvalue weighted by Crippen LogP contribution is -2.16.